The fourth-order valence-electron chi connectivity index (χ4n) is 3.64. The maximum Gasteiger partial charge on any atom is 0.124 e. The molecule has 0 amide bonds. The van der Waals surface area contributed by atoms with Crippen molar-refractivity contribution in [3.05, 3.63) is 29.3 Å². The maximum atomic E-state index is 6.14. The lowest BCUT2D eigenvalue weighted by Gasteiger charge is -2.35. The van der Waals surface area contributed by atoms with Crippen LogP contribution in [0.5, 0.6) is 5.75 Å². The first kappa shape index (κ1) is 13.0. The van der Waals surface area contributed by atoms with Gasteiger partial charge in [0.1, 0.15) is 5.75 Å². The molecular formula is C17H25NO. The number of benzene rings is 1. The van der Waals surface area contributed by atoms with Gasteiger partial charge in [0.15, 0.2) is 0 Å². The van der Waals surface area contributed by atoms with Crippen LogP contribution in [0.4, 0.5) is 0 Å². The molecule has 2 heteroatoms. The number of rotatable bonds is 3. The zero-order valence-electron chi connectivity index (χ0n) is 12.2. The molecule has 0 aromatic heterocycles. The van der Waals surface area contributed by atoms with E-state index in [1.807, 2.05) is 0 Å². The van der Waals surface area contributed by atoms with Gasteiger partial charge < -0.3 is 10.1 Å². The number of hydrogen-bond acceptors (Lipinski definition) is 2. The van der Waals surface area contributed by atoms with Crippen LogP contribution < -0.4 is 10.1 Å². The summed E-state index contributed by atoms with van der Waals surface area (Å²) in [5, 5.41) is 3.40. The van der Waals surface area contributed by atoms with Crippen LogP contribution in [-0.2, 0) is 13.1 Å². The SMILES string of the molecule is CC1(C)CCCC(COc2cccc3c2CNC3)C1. The molecule has 1 heterocycles. The van der Waals surface area contributed by atoms with Gasteiger partial charge in [-0.1, -0.05) is 32.4 Å². The maximum absolute atomic E-state index is 6.14. The summed E-state index contributed by atoms with van der Waals surface area (Å²) >= 11 is 0. The molecule has 1 unspecified atom stereocenters. The standard InChI is InChI=1S/C17H25NO/c1-17(2)8-4-5-13(9-17)12-19-16-7-3-6-14-10-18-11-15(14)16/h3,6-7,13,18H,4-5,8-12H2,1-2H3. The van der Waals surface area contributed by atoms with Crippen LogP contribution >= 0.6 is 0 Å². The van der Waals surface area contributed by atoms with Crippen LogP contribution in [0.15, 0.2) is 18.2 Å². The minimum atomic E-state index is 0.506. The topological polar surface area (TPSA) is 21.3 Å². The Bertz CT molecular complexity index is 453. The monoisotopic (exact) mass is 259 g/mol. The summed E-state index contributed by atoms with van der Waals surface area (Å²) in [6.45, 7) is 7.62. The van der Waals surface area contributed by atoms with E-state index in [-0.39, 0.29) is 0 Å². The van der Waals surface area contributed by atoms with E-state index < -0.39 is 0 Å². The van der Waals surface area contributed by atoms with Gasteiger partial charge in [-0.05, 0) is 42.2 Å². The molecule has 1 aliphatic carbocycles. The molecule has 1 fully saturated rings. The highest BCUT2D eigenvalue weighted by Crippen LogP contribution is 2.39. The molecule has 1 N–H and O–H groups in total. The van der Waals surface area contributed by atoms with Crippen molar-refractivity contribution < 1.29 is 4.74 Å². The van der Waals surface area contributed by atoms with Gasteiger partial charge in [-0.3, -0.25) is 0 Å². The van der Waals surface area contributed by atoms with Crippen molar-refractivity contribution in [3.63, 3.8) is 0 Å². The average molecular weight is 259 g/mol. The third-order valence-corrected chi connectivity index (χ3v) is 4.63. The van der Waals surface area contributed by atoms with Crippen molar-refractivity contribution in [3.8, 4) is 5.75 Å². The lowest BCUT2D eigenvalue weighted by Crippen LogP contribution is -2.26. The van der Waals surface area contributed by atoms with Crippen molar-refractivity contribution in [2.24, 2.45) is 11.3 Å². The molecule has 1 aromatic carbocycles. The molecule has 19 heavy (non-hydrogen) atoms. The molecule has 1 saturated carbocycles. The first-order chi connectivity index (χ1) is 9.14. The fraction of sp³-hybridized carbons (Fsp3) is 0.647. The van der Waals surface area contributed by atoms with Crippen molar-refractivity contribution in [2.45, 2.75) is 52.6 Å². The third-order valence-electron chi connectivity index (χ3n) is 4.63. The van der Waals surface area contributed by atoms with Crippen LogP contribution in [0.2, 0.25) is 0 Å². The van der Waals surface area contributed by atoms with Gasteiger partial charge in [0.25, 0.3) is 0 Å². The van der Waals surface area contributed by atoms with Crippen molar-refractivity contribution >= 4 is 0 Å². The van der Waals surface area contributed by atoms with E-state index in [0.717, 1.165) is 31.4 Å². The predicted molar refractivity (Wildman–Crippen MR) is 78.2 cm³/mol. The van der Waals surface area contributed by atoms with Gasteiger partial charge in [-0.15, -0.1) is 0 Å². The third kappa shape index (κ3) is 2.94. The number of ether oxygens (including phenoxy) is 1. The molecule has 0 radical (unpaired) electrons. The Labute approximate surface area is 116 Å². The Morgan fingerprint density at radius 1 is 1.32 bits per heavy atom. The number of fused-ring (bicyclic) bond motifs is 1. The summed E-state index contributed by atoms with van der Waals surface area (Å²) in [5.41, 5.74) is 3.28. The normalized spacial score (nSPS) is 25.1. The lowest BCUT2D eigenvalue weighted by molar-refractivity contribution is 0.129. The molecule has 104 valence electrons. The predicted octanol–water partition coefficient (Wildman–Crippen LogP) is 3.89. The van der Waals surface area contributed by atoms with Gasteiger partial charge in [-0.25, -0.2) is 0 Å². The van der Waals surface area contributed by atoms with E-state index in [0.29, 0.717) is 5.41 Å². The first-order valence-electron chi connectivity index (χ1n) is 7.58. The molecule has 3 rings (SSSR count). The van der Waals surface area contributed by atoms with Gasteiger partial charge >= 0.3 is 0 Å². The lowest BCUT2D eigenvalue weighted by atomic mass is 9.72. The van der Waals surface area contributed by atoms with Crippen LogP contribution in [0, 0.1) is 11.3 Å². The first-order valence-corrected chi connectivity index (χ1v) is 7.58. The Morgan fingerprint density at radius 3 is 3.05 bits per heavy atom. The highest BCUT2D eigenvalue weighted by Gasteiger charge is 2.28. The van der Waals surface area contributed by atoms with Gasteiger partial charge in [0, 0.05) is 18.7 Å². The highest BCUT2D eigenvalue weighted by molar-refractivity contribution is 5.42. The van der Waals surface area contributed by atoms with Gasteiger partial charge in [0.2, 0.25) is 0 Å². The molecule has 1 atom stereocenters. The number of hydrogen-bond donors (Lipinski definition) is 1. The molecule has 0 spiro atoms. The Kier molecular flexibility index (Phi) is 3.53. The van der Waals surface area contributed by atoms with Crippen LogP contribution in [0.3, 0.4) is 0 Å². The van der Waals surface area contributed by atoms with E-state index in [2.05, 4.69) is 37.4 Å². The summed E-state index contributed by atoms with van der Waals surface area (Å²) in [6, 6.07) is 6.44. The van der Waals surface area contributed by atoms with E-state index in [9.17, 15) is 0 Å². The van der Waals surface area contributed by atoms with Crippen LogP contribution in [0.25, 0.3) is 0 Å². The fourth-order valence-corrected chi connectivity index (χ4v) is 3.64. The second-order valence-corrected chi connectivity index (χ2v) is 6.93. The zero-order chi connectivity index (χ0) is 13.3. The average Bonchev–Trinajstić information content (AvgIpc) is 2.84. The molecule has 1 aliphatic heterocycles. The van der Waals surface area contributed by atoms with Crippen molar-refractivity contribution in [2.75, 3.05) is 6.61 Å². The van der Waals surface area contributed by atoms with Crippen LogP contribution in [-0.4, -0.2) is 6.61 Å². The second kappa shape index (κ2) is 5.16. The summed E-state index contributed by atoms with van der Waals surface area (Å²) in [4.78, 5) is 0. The smallest absolute Gasteiger partial charge is 0.124 e. The summed E-state index contributed by atoms with van der Waals surface area (Å²) in [6.07, 6.45) is 5.36. The summed E-state index contributed by atoms with van der Waals surface area (Å²) in [7, 11) is 0. The molecular weight excluding hydrogens is 234 g/mol. The van der Waals surface area contributed by atoms with Gasteiger partial charge in [-0.2, -0.15) is 0 Å². The van der Waals surface area contributed by atoms with E-state index in [1.54, 1.807) is 0 Å². The summed E-state index contributed by atoms with van der Waals surface area (Å²) in [5.74, 6) is 1.83. The number of nitrogens with one attached hydrogen (secondary N) is 1. The van der Waals surface area contributed by atoms with Crippen molar-refractivity contribution in [1.82, 2.24) is 5.32 Å². The Morgan fingerprint density at radius 2 is 2.21 bits per heavy atom. The Balaban J connectivity index is 1.62. The molecule has 2 aliphatic rings. The summed E-state index contributed by atoms with van der Waals surface area (Å²) < 4.78 is 6.14. The minimum absolute atomic E-state index is 0.506. The van der Waals surface area contributed by atoms with E-state index in [1.165, 1.54) is 36.8 Å². The van der Waals surface area contributed by atoms with E-state index >= 15 is 0 Å². The highest BCUT2D eigenvalue weighted by atomic mass is 16.5. The largest absolute Gasteiger partial charge is 0.493 e. The second-order valence-electron chi connectivity index (χ2n) is 6.93. The molecule has 2 nitrogen and oxygen atoms in total. The molecule has 1 aromatic rings. The Hall–Kier alpha value is -1.02. The molecule has 0 saturated heterocycles. The molecule has 0 bridgehead atoms. The van der Waals surface area contributed by atoms with Crippen LogP contribution in [0.1, 0.15) is 50.7 Å². The zero-order valence-corrected chi connectivity index (χ0v) is 12.2. The quantitative estimate of drug-likeness (QED) is 0.889. The van der Waals surface area contributed by atoms with Crippen molar-refractivity contribution in [1.29, 1.82) is 0 Å². The van der Waals surface area contributed by atoms with E-state index in [4.69, 9.17) is 4.74 Å². The van der Waals surface area contributed by atoms with Gasteiger partial charge in [0.05, 0.1) is 6.61 Å². The minimum Gasteiger partial charge on any atom is -0.493 e.